The molecule has 0 aliphatic carbocycles. The summed E-state index contributed by atoms with van der Waals surface area (Å²) in [6.45, 7) is 3.76. The average molecular weight is 437 g/mol. The lowest BCUT2D eigenvalue weighted by Gasteiger charge is -2.09. The van der Waals surface area contributed by atoms with Gasteiger partial charge in [0.05, 0.1) is 17.2 Å². The second-order valence-electron chi connectivity index (χ2n) is 6.95. The first-order valence-electron chi connectivity index (χ1n) is 9.65. The van der Waals surface area contributed by atoms with Crippen molar-refractivity contribution in [2.24, 2.45) is 5.10 Å². The number of sulfonamides is 1. The van der Waals surface area contributed by atoms with Crippen LogP contribution >= 0.6 is 0 Å². The Kier molecular flexibility index (Phi) is 7.04. The summed E-state index contributed by atoms with van der Waals surface area (Å²) in [6.07, 6.45) is 0. The minimum Gasteiger partial charge on any atom is -0.376 e. The summed E-state index contributed by atoms with van der Waals surface area (Å²) < 4.78 is 27.5. The molecule has 0 aliphatic heterocycles. The van der Waals surface area contributed by atoms with E-state index in [9.17, 15) is 13.2 Å². The van der Waals surface area contributed by atoms with Crippen LogP contribution < -0.4 is 15.5 Å². The highest BCUT2D eigenvalue weighted by atomic mass is 32.2. The van der Waals surface area contributed by atoms with Crippen molar-refractivity contribution in [1.29, 1.82) is 0 Å². The maximum atomic E-state index is 12.5. The standard InChI is InChI=1S/C23H24N4O3S/c1-17-8-14-22(15-9-17)31(29,30)27-21-12-10-19(11-13-21)18(2)25-26-23(28)16-24-20-6-4-3-5-7-20/h3-15,24,27H,16H2,1-2H3,(H,26,28)/b25-18+. The van der Waals surface area contributed by atoms with E-state index < -0.39 is 10.0 Å². The highest BCUT2D eigenvalue weighted by Crippen LogP contribution is 2.17. The molecule has 3 rings (SSSR count). The average Bonchev–Trinajstić information content (AvgIpc) is 2.77. The number of rotatable bonds is 8. The maximum absolute atomic E-state index is 12.5. The molecule has 0 fully saturated rings. The van der Waals surface area contributed by atoms with Gasteiger partial charge in [-0.05, 0) is 55.8 Å². The number of carbonyl (C=O) groups excluding carboxylic acids is 1. The lowest BCUT2D eigenvalue weighted by molar-refractivity contribution is -0.119. The van der Waals surface area contributed by atoms with Gasteiger partial charge in [-0.2, -0.15) is 5.10 Å². The number of hydrogen-bond acceptors (Lipinski definition) is 5. The number of amides is 1. The quantitative estimate of drug-likeness (QED) is 0.370. The SMILES string of the molecule is C/C(=N\NC(=O)CNc1ccccc1)c1ccc(NS(=O)(=O)c2ccc(C)cc2)cc1. The highest BCUT2D eigenvalue weighted by molar-refractivity contribution is 7.92. The van der Waals surface area contributed by atoms with Gasteiger partial charge in [0.25, 0.3) is 15.9 Å². The van der Waals surface area contributed by atoms with Gasteiger partial charge in [-0.25, -0.2) is 13.8 Å². The predicted octanol–water partition coefficient (Wildman–Crippen LogP) is 3.75. The summed E-state index contributed by atoms with van der Waals surface area (Å²) in [5, 5.41) is 7.11. The lowest BCUT2D eigenvalue weighted by Crippen LogP contribution is -2.26. The maximum Gasteiger partial charge on any atom is 0.261 e. The van der Waals surface area contributed by atoms with Gasteiger partial charge < -0.3 is 5.32 Å². The number of hydrogen-bond donors (Lipinski definition) is 3. The Morgan fingerprint density at radius 2 is 1.52 bits per heavy atom. The number of nitrogens with zero attached hydrogens (tertiary/aromatic N) is 1. The van der Waals surface area contributed by atoms with Gasteiger partial charge in [-0.3, -0.25) is 9.52 Å². The van der Waals surface area contributed by atoms with E-state index in [1.165, 1.54) is 0 Å². The molecule has 3 aromatic carbocycles. The van der Waals surface area contributed by atoms with E-state index in [0.29, 0.717) is 11.4 Å². The summed E-state index contributed by atoms with van der Waals surface area (Å²) >= 11 is 0. The van der Waals surface area contributed by atoms with Crippen molar-refractivity contribution < 1.29 is 13.2 Å². The molecule has 0 aromatic heterocycles. The highest BCUT2D eigenvalue weighted by Gasteiger charge is 2.13. The number of anilines is 2. The number of benzene rings is 3. The van der Waals surface area contributed by atoms with Gasteiger partial charge in [-0.15, -0.1) is 0 Å². The first-order valence-corrected chi connectivity index (χ1v) is 11.1. The molecule has 8 heteroatoms. The van der Waals surface area contributed by atoms with Gasteiger partial charge >= 0.3 is 0 Å². The van der Waals surface area contributed by atoms with E-state index >= 15 is 0 Å². The molecule has 160 valence electrons. The van der Waals surface area contributed by atoms with Crippen LogP contribution in [0.15, 0.2) is 88.9 Å². The van der Waals surface area contributed by atoms with Crippen LogP contribution in [0.25, 0.3) is 0 Å². The Bertz CT molecular complexity index is 1160. The van der Waals surface area contributed by atoms with Crippen LogP contribution in [0.2, 0.25) is 0 Å². The molecule has 0 saturated carbocycles. The smallest absolute Gasteiger partial charge is 0.261 e. The minimum absolute atomic E-state index is 0.0977. The van der Waals surface area contributed by atoms with E-state index in [4.69, 9.17) is 0 Å². The largest absolute Gasteiger partial charge is 0.376 e. The zero-order valence-corrected chi connectivity index (χ0v) is 18.1. The fourth-order valence-electron chi connectivity index (χ4n) is 2.70. The molecule has 0 saturated heterocycles. The number of para-hydroxylation sites is 1. The van der Waals surface area contributed by atoms with Crippen LogP contribution in [-0.4, -0.2) is 26.6 Å². The normalized spacial score (nSPS) is 11.6. The van der Waals surface area contributed by atoms with Crippen molar-refractivity contribution in [1.82, 2.24) is 5.43 Å². The van der Waals surface area contributed by atoms with Gasteiger partial charge in [0.1, 0.15) is 0 Å². The minimum atomic E-state index is -3.66. The number of nitrogens with one attached hydrogen (secondary N) is 3. The third kappa shape index (κ3) is 6.42. The molecule has 3 N–H and O–H groups in total. The van der Waals surface area contributed by atoms with Crippen molar-refractivity contribution in [3.05, 3.63) is 90.0 Å². The molecule has 0 radical (unpaired) electrons. The monoisotopic (exact) mass is 436 g/mol. The Morgan fingerprint density at radius 3 is 2.16 bits per heavy atom. The van der Waals surface area contributed by atoms with Gasteiger partial charge in [-0.1, -0.05) is 48.0 Å². The second-order valence-corrected chi connectivity index (χ2v) is 8.63. The molecule has 0 spiro atoms. The summed E-state index contributed by atoms with van der Waals surface area (Å²) in [5.41, 5.74) is 6.14. The molecule has 3 aromatic rings. The zero-order chi connectivity index (χ0) is 22.3. The van der Waals surface area contributed by atoms with Crippen LogP contribution in [0.4, 0.5) is 11.4 Å². The van der Waals surface area contributed by atoms with Crippen LogP contribution in [0.1, 0.15) is 18.1 Å². The van der Waals surface area contributed by atoms with E-state index in [0.717, 1.165) is 16.8 Å². The zero-order valence-electron chi connectivity index (χ0n) is 17.3. The van der Waals surface area contributed by atoms with Crippen LogP contribution in [0, 0.1) is 6.92 Å². The van der Waals surface area contributed by atoms with E-state index in [1.807, 2.05) is 37.3 Å². The van der Waals surface area contributed by atoms with Crippen molar-refractivity contribution >= 4 is 33.0 Å². The van der Waals surface area contributed by atoms with E-state index in [-0.39, 0.29) is 17.3 Å². The molecule has 0 atom stereocenters. The number of aryl methyl sites for hydroxylation is 1. The topological polar surface area (TPSA) is 99.7 Å². The van der Waals surface area contributed by atoms with Crippen molar-refractivity contribution in [2.75, 3.05) is 16.6 Å². The first kappa shape index (κ1) is 22.0. The number of hydrazone groups is 1. The molecule has 7 nitrogen and oxygen atoms in total. The van der Waals surface area contributed by atoms with E-state index in [1.54, 1.807) is 55.5 Å². The molecule has 0 aliphatic rings. The molecular weight excluding hydrogens is 412 g/mol. The van der Waals surface area contributed by atoms with Crippen molar-refractivity contribution in [3.63, 3.8) is 0 Å². The van der Waals surface area contributed by atoms with Crippen molar-refractivity contribution in [3.8, 4) is 0 Å². The second kappa shape index (κ2) is 9.90. The Hall–Kier alpha value is -3.65. The van der Waals surface area contributed by atoms with Crippen LogP contribution in [0.5, 0.6) is 0 Å². The molecule has 31 heavy (non-hydrogen) atoms. The lowest BCUT2D eigenvalue weighted by atomic mass is 10.1. The summed E-state index contributed by atoms with van der Waals surface area (Å²) in [7, 11) is -3.66. The summed E-state index contributed by atoms with van der Waals surface area (Å²) in [4.78, 5) is 12.2. The van der Waals surface area contributed by atoms with E-state index in [2.05, 4.69) is 20.6 Å². The fourth-order valence-corrected chi connectivity index (χ4v) is 3.76. The van der Waals surface area contributed by atoms with Gasteiger partial charge in [0, 0.05) is 11.4 Å². The third-order valence-electron chi connectivity index (χ3n) is 4.46. The predicted molar refractivity (Wildman–Crippen MR) is 124 cm³/mol. The summed E-state index contributed by atoms with van der Waals surface area (Å²) in [5.74, 6) is -0.273. The van der Waals surface area contributed by atoms with Crippen LogP contribution in [0.3, 0.4) is 0 Å². The Labute approximate surface area is 182 Å². The van der Waals surface area contributed by atoms with Gasteiger partial charge in [0.15, 0.2) is 0 Å². The third-order valence-corrected chi connectivity index (χ3v) is 5.86. The molecular formula is C23H24N4O3S. The fraction of sp³-hybridized carbons (Fsp3) is 0.130. The Balaban J connectivity index is 1.57. The summed E-state index contributed by atoms with van der Waals surface area (Å²) in [6, 6.07) is 22.8. The number of carbonyl (C=O) groups is 1. The first-order chi connectivity index (χ1) is 14.8. The molecule has 0 heterocycles. The molecule has 0 unspecified atom stereocenters. The Morgan fingerprint density at radius 1 is 0.871 bits per heavy atom. The molecule has 1 amide bonds. The van der Waals surface area contributed by atoms with Gasteiger partial charge in [0.2, 0.25) is 0 Å². The van der Waals surface area contributed by atoms with Crippen LogP contribution in [-0.2, 0) is 14.8 Å². The van der Waals surface area contributed by atoms with Crippen molar-refractivity contribution in [2.45, 2.75) is 18.7 Å². The molecule has 0 bridgehead atoms.